The highest BCUT2D eigenvalue weighted by atomic mass is 32.2. The Hall–Kier alpha value is -9.05. The summed E-state index contributed by atoms with van der Waals surface area (Å²) in [5.74, 6) is 3.39. The molecule has 18 nitrogen and oxygen atoms in total. The largest absolute Gasteiger partial charge is 0.330 e. The summed E-state index contributed by atoms with van der Waals surface area (Å²) in [5, 5.41) is 13.4. The highest BCUT2D eigenvalue weighted by Crippen LogP contribution is 2.25. The number of para-hydroxylation sites is 6. The van der Waals surface area contributed by atoms with Crippen molar-refractivity contribution in [2.24, 2.45) is 7.05 Å². The molecule has 12 rings (SSSR count). The minimum atomic E-state index is -0.137. The van der Waals surface area contributed by atoms with E-state index in [0.29, 0.717) is 97.7 Å². The van der Waals surface area contributed by atoms with Gasteiger partial charge >= 0.3 is 0 Å². The molecule has 1 aliphatic carbocycles. The van der Waals surface area contributed by atoms with Gasteiger partial charge in [0.05, 0.1) is 43.7 Å². The van der Waals surface area contributed by atoms with E-state index in [0.717, 1.165) is 58.5 Å². The second kappa shape index (κ2) is 27.6. The van der Waals surface area contributed by atoms with E-state index in [4.69, 9.17) is 0 Å². The number of carbonyl (C=O) groups is 3. The van der Waals surface area contributed by atoms with E-state index in [1.54, 1.807) is 18.2 Å². The van der Waals surface area contributed by atoms with Crippen LogP contribution < -0.4 is 32.6 Å². The Morgan fingerprint density at radius 1 is 0.494 bits per heavy atom. The minimum absolute atomic E-state index is 0.0218. The van der Waals surface area contributed by atoms with Gasteiger partial charge in [0, 0.05) is 66.6 Å². The number of benzene rings is 6. The second-order valence-electron chi connectivity index (χ2n) is 19.3. The number of nitrogens with one attached hydrogen (secondary N) is 7. The SMILES string of the molecule is Cn1c(NC(=O)CCCSc2nc3ccccc3c(=O)[nH]2)cc2ccccc21.O=C(CCCCSc1nc2ccccc2c(=O)[nH]1)Nc1nc2ccccc2[nH]1.O=C(CCCSc1nc2ccccc2c(=O)[nH]1)NC1=Cc2ccccc2C1. The number of amides is 3. The smallest absolute Gasteiger partial charge is 0.259 e. The van der Waals surface area contributed by atoms with Crippen molar-refractivity contribution in [2.45, 2.75) is 66.8 Å². The molecule has 1 aliphatic rings. The Morgan fingerprint density at radius 3 is 1.53 bits per heavy atom. The Morgan fingerprint density at radius 2 is 0.964 bits per heavy atom. The highest BCUT2D eigenvalue weighted by molar-refractivity contribution is 7.99. The molecule has 3 amide bonds. The van der Waals surface area contributed by atoms with Crippen LogP contribution in [0.3, 0.4) is 0 Å². The Balaban J connectivity index is 0.000000139. The lowest BCUT2D eigenvalue weighted by Gasteiger charge is -2.07. The summed E-state index contributed by atoms with van der Waals surface area (Å²) in [6.07, 6.45) is 7.07. The number of nitrogens with zero attached hydrogens (tertiary/aromatic N) is 5. The fraction of sp³-hybridized carbons (Fsp3) is 0.194. The number of anilines is 2. The van der Waals surface area contributed by atoms with Crippen LogP contribution in [-0.4, -0.2) is 79.4 Å². The van der Waals surface area contributed by atoms with Crippen LogP contribution in [0.4, 0.5) is 11.8 Å². The number of hydrogen-bond donors (Lipinski definition) is 7. The number of H-pyrrole nitrogens is 4. The zero-order chi connectivity index (χ0) is 57.5. The summed E-state index contributed by atoms with van der Waals surface area (Å²) < 4.78 is 1.98. The monoisotopic (exact) mass is 1160 g/mol. The Bertz CT molecular complexity index is 4330. The molecule has 0 aliphatic heterocycles. The van der Waals surface area contributed by atoms with Crippen molar-refractivity contribution < 1.29 is 14.4 Å². The number of thioether (sulfide) groups is 3. The zero-order valence-electron chi connectivity index (χ0n) is 45.2. The molecule has 0 fully saturated rings. The van der Waals surface area contributed by atoms with Gasteiger partial charge in [-0.2, -0.15) is 0 Å². The number of imidazole rings is 1. The normalized spacial score (nSPS) is 11.7. The number of carbonyl (C=O) groups excluding carboxylic acids is 3. The fourth-order valence-electron chi connectivity index (χ4n) is 9.18. The molecule has 11 aromatic rings. The molecule has 0 unspecified atom stereocenters. The van der Waals surface area contributed by atoms with Gasteiger partial charge in [-0.15, -0.1) is 0 Å². The van der Waals surface area contributed by atoms with Crippen LogP contribution in [0.5, 0.6) is 0 Å². The maximum absolute atomic E-state index is 12.3. The first-order chi connectivity index (χ1) is 40.5. The molecule has 5 heterocycles. The van der Waals surface area contributed by atoms with Crippen molar-refractivity contribution in [3.05, 3.63) is 200 Å². The molecule has 7 N–H and O–H groups in total. The number of allylic oxidation sites excluding steroid dienone is 1. The van der Waals surface area contributed by atoms with E-state index in [-0.39, 0.29) is 34.4 Å². The van der Waals surface area contributed by atoms with E-state index in [1.165, 1.54) is 46.4 Å². The fourth-order valence-corrected chi connectivity index (χ4v) is 11.7. The lowest BCUT2D eigenvalue weighted by atomic mass is 10.1. The van der Waals surface area contributed by atoms with Crippen LogP contribution in [0, 0.1) is 0 Å². The van der Waals surface area contributed by atoms with E-state index in [2.05, 4.69) is 68.0 Å². The van der Waals surface area contributed by atoms with Crippen molar-refractivity contribution in [3.63, 3.8) is 0 Å². The third-order valence-electron chi connectivity index (χ3n) is 13.3. The molecule has 83 heavy (non-hydrogen) atoms. The lowest BCUT2D eigenvalue weighted by molar-refractivity contribution is -0.120. The number of unbranched alkanes of at least 4 members (excludes halogenated alkanes) is 1. The van der Waals surface area contributed by atoms with Gasteiger partial charge in [0.2, 0.25) is 23.7 Å². The topological polar surface area (TPSA) is 258 Å². The summed E-state index contributed by atoms with van der Waals surface area (Å²) in [7, 11) is 1.94. The van der Waals surface area contributed by atoms with E-state index in [9.17, 15) is 28.8 Å². The number of hydrogen-bond acceptors (Lipinski definition) is 13. The van der Waals surface area contributed by atoms with Crippen molar-refractivity contribution in [1.29, 1.82) is 0 Å². The number of aromatic nitrogens is 9. The van der Waals surface area contributed by atoms with Crippen molar-refractivity contribution >= 4 is 125 Å². The van der Waals surface area contributed by atoms with Gasteiger partial charge in [0.15, 0.2) is 15.5 Å². The van der Waals surface area contributed by atoms with E-state index < -0.39 is 0 Å². The van der Waals surface area contributed by atoms with Gasteiger partial charge in [-0.05, 0) is 104 Å². The minimum Gasteiger partial charge on any atom is -0.330 e. The predicted molar refractivity (Wildman–Crippen MR) is 334 cm³/mol. The summed E-state index contributed by atoms with van der Waals surface area (Å²) in [5.41, 5.74) is 7.85. The lowest BCUT2D eigenvalue weighted by Crippen LogP contribution is -2.22. The molecule has 0 bridgehead atoms. The molecule has 0 saturated carbocycles. The second-order valence-corrected chi connectivity index (χ2v) is 22.6. The maximum Gasteiger partial charge on any atom is 0.259 e. The predicted octanol–water partition coefficient (Wildman–Crippen LogP) is 11.1. The van der Waals surface area contributed by atoms with Crippen LogP contribution in [-0.2, 0) is 27.9 Å². The molecule has 21 heteroatoms. The molecule has 0 radical (unpaired) electrons. The molecule has 420 valence electrons. The Labute approximate surface area is 488 Å². The maximum atomic E-state index is 12.3. The zero-order valence-corrected chi connectivity index (χ0v) is 47.6. The van der Waals surface area contributed by atoms with Gasteiger partial charge in [-0.3, -0.25) is 34.1 Å². The first kappa shape index (κ1) is 57.2. The van der Waals surface area contributed by atoms with Gasteiger partial charge in [0.25, 0.3) is 16.7 Å². The van der Waals surface area contributed by atoms with Crippen molar-refractivity contribution in [1.82, 2.24) is 49.8 Å². The van der Waals surface area contributed by atoms with Gasteiger partial charge in [0.1, 0.15) is 5.82 Å². The van der Waals surface area contributed by atoms with Gasteiger partial charge < -0.3 is 35.1 Å². The van der Waals surface area contributed by atoms with Crippen molar-refractivity contribution in [3.8, 4) is 0 Å². The molecule has 0 atom stereocenters. The number of aryl methyl sites for hydroxylation is 1. The first-order valence-electron chi connectivity index (χ1n) is 27.0. The summed E-state index contributed by atoms with van der Waals surface area (Å²) in [6.45, 7) is 0. The summed E-state index contributed by atoms with van der Waals surface area (Å²) in [6, 6.07) is 47.6. The quantitative estimate of drug-likeness (QED) is 0.0226. The number of fused-ring (bicyclic) bond motifs is 6. The van der Waals surface area contributed by atoms with E-state index in [1.807, 2.05) is 139 Å². The number of rotatable bonds is 19. The molecular formula is C62H58N12O6S3. The third kappa shape index (κ3) is 15.3. The average Bonchev–Trinajstić information content (AvgIpc) is 4.25. The van der Waals surface area contributed by atoms with Gasteiger partial charge in [-0.25, -0.2) is 19.9 Å². The van der Waals surface area contributed by atoms with Crippen LogP contribution in [0.15, 0.2) is 187 Å². The van der Waals surface area contributed by atoms with Crippen molar-refractivity contribution in [2.75, 3.05) is 27.9 Å². The number of aromatic amines is 4. The van der Waals surface area contributed by atoms with E-state index >= 15 is 0 Å². The van der Waals surface area contributed by atoms with Crippen LogP contribution in [0.25, 0.3) is 60.7 Å². The standard InChI is InChI=1S/C21H20N4O2S.C21H19N3O2S.C20H19N5O2S/c1-25-17-10-5-2-7-14(17)13-18(25)23-19(26)11-6-12-28-21-22-16-9-4-3-8-15(16)20(27)24-21;25-19(22-16-12-14-6-1-2-7-15(14)13-16)10-5-11-27-21-23-18-9-4-3-8-17(18)20(26)24-21;26-17(24-19-21-15-9-3-4-10-16(15)22-19)11-5-6-12-28-20-23-14-8-2-1-7-13(14)18(27)25-20/h2-5,7-10,13H,6,11-12H2,1H3,(H,23,26)(H,22,24,27);1-4,6-9,12H,5,10-11,13H2,(H,22,25)(H,23,24,26);1-4,7-10H,5-6,11-12H2,(H,23,25,27)(H2,21,22,24,26). The molecule has 5 aromatic heterocycles. The first-order valence-corrected chi connectivity index (χ1v) is 30.0. The molecule has 0 saturated heterocycles. The Kier molecular flexibility index (Phi) is 19.0. The van der Waals surface area contributed by atoms with Crippen LogP contribution >= 0.6 is 35.3 Å². The highest BCUT2D eigenvalue weighted by Gasteiger charge is 2.15. The molecular weight excluding hydrogens is 1100 g/mol. The van der Waals surface area contributed by atoms with Crippen LogP contribution in [0.2, 0.25) is 0 Å². The average molecular weight is 1160 g/mol. The van der Waals surface area contributed by atoms with Crippen LogP contribution in [0.1, 0.15) is 56.1 Å². The molecule has 6 aromatic carbocycles. The van der Waals surface area contributed by atoms with Gasteiger partial charge in [-0.1, -0.05) is 126 Å². The third-order valence-corrected chi connectivity index (χ3v) is 16.2. The summed E-state index contributed by atoms with van der Waals surface area (Å²) in [4.78, 5) is 102. The summed E-state index contributed by atoms with van der Waals surface area (Å²) >= 11 is 4.41. The molecule has 0 spiro atoms.